The van der Waals surface area contributed by atoms with Gasteiger partial charge < -0.3 is 15.4 Å². The van der Waals surface area contributed by atoms with E-state index in [4.69, 9.17) is 4.74 Å². The molecule has 0 spiro atoms. The van der Waals surface area contributed by atoms with Crippen LogP contribution in [0.3, 0.4) is 0 Å². The molecule has 29 heavy (non-hydrogen) atoms. The monoisotopic (exact) mass is 406 g/mol. The fraction of sp³-hybridized carbons (Fsp3) is 0.550. The van der Waals surface area contributed by atoms with E-state index in [0.717, 1.165) is 44.2 Å². The van der Waals surface area contributed by atoms with Gasteiger partial charge in [0.25, 0.3) is 5.91 Å². The number of imide groups is 1. The summed E-state index contributed by atoms with van der Waals surface area (Å²) in [6.45, 7) is 4.84. The lowest BCUT2D eigenvalue weighted by Gasteiger charge is -2.26. The largest absolute Gasteiger partial charge is 0.379 e. The molecule has 0 radical (unpaired) electrons. The summed E-state index contributed by atoms with van der Waals surface area (Å²) in [6.07, 6.45) is 1.24. The summed E-state index contributed by atoms with van der Waals surface area (Å²) in [7, 11) is 0. The van der Waals surface area contributed by atoms with Crippen LogP contribution in [0.15, 0.2) is 24.3 Å². The Hall–Kier alpha value is -2.52. The number of amides is 4. The van der Waals surface area contributed by atoms with Crippen LogP contribution in [-0.2, 0) is 20.9 Å². The van der Waals surface area contributed by atoms with Crippen molar-refractivity contribution in [1.82, 2.24) is 20.4 Å². The molecule has 2 N–H and O–H groups in total. The Balaban J connectivity index is 1.36. The van der Waals surface area contributed by atoms with Crippen LogP contribution in [0.2, 0.25) is 0 Å². The Morgan fingerprint density at radius 2 is 2.07 bits per heavy atom. The first-order chi connectivity index (χ1) is 14.0. The number of hydrogen-bond acceptors (Lipinski definition) is 5. The Morgan fingerprint density at radius 1 is 1.28 bits per heavy atom. The SMILES string of the molecule is O=C(CC[C@@H]1NC(=O)N(Cc2cccc(F)c2)C1=O)NCCCN1CCOCC1. The molecular formula is C20H27FN4O4. The van der Waals surface area contributed by atoms with Gasteiger partial charge in [0.2, 0.25) is 5.91 Å². The van der Waals surface area contributed by atoms with Crippen LogP contribution in [-0.4, -0.2) is 73.1 Å². The highest BCUT2D eigenvalue weighted by atomic mass is 19.1. The molecular weight excluding hydrogens is 379 g/mol. The highest BCUT2D eigenvalue weighted by molar-refractivity contribution is 6.04. The third-order valence-corrected chi connectivity index (χ3v) is 5.07. The van der Waals surface area contributed by atoms with Gasteiger partial charge in [-0.25, -0.2) is 9.18 Å². The summed E-state index contributed by atoms with van der Waals surface area (Å²) in [5.41, 5.74) is 0.534. The van der Waals surface area contributed by atoms with Gasteiger partial charge in [-0.2, -0.15) is 0 Å². The molecule has 158 valence electrons. The first-order valence-corrected chi connectivity index (χ1v) is 9.96. The van der Waals surface area contributed by atoms with Crippen molar-refractivity contribution < 1.29 is 23.5 Å². The fourth-order valence-corrected chi connectivity index (χ4v) is 3.46. The molecule has 3 rings (SSSR count). The van der Waals surface area contributed by atoms with Crippen LogP contribution in [0.4, 0.5) is 9.18 Å². The van der Waals surface area contributed by atoms with Crippen molar-refractivity contribution >= 4 is 17.8 Å². The molecule has 0 aliphatic carbocycles. The van der Waals surface area contributed by atoms with Gasteiger partial charge in [0, 0.05) is 26.1 Å². The predicted molar refractivity (Wildman–Crippen MR) is 103 cm³/mol. The summed E-state index contributed by atoms with van der Waals surface area (Å²) in [4.78, 5) is 39.9. The quantitative estimate of drug-likeness (QED) is 0.469. The van der Waals surface area contributed by atoms with Crippen LogP contribution in [0.1, 0.15) is 24.8 Å². The maximum atomic E-state index is 13.3. The van der Waals surface area contributed by atoms with E-state index < -0.39 is 17.9 Å². The minimum absolute atomic E-state index is 0.00661. The average Bonchev–Trinajstić information content (AvgIpc) is 2.98. The van der Waals surface area contributed by atoms with Crippen molar-refractivity contribution in [1.29, 1.82) is 0 Å². The Bertz CT molecular complexity index is 739. The number of rotatable bonds is 9. The number of urea groups is 1. The van der Waals surface area contributed by atoms with E-state index >= 15 is 0 Å². The lowest BCUT2D eigenvalue weighted by molar-refractivity contribution is -0.128. The van der Waals surface area contributed by atoms with E-state index in [-0.39, 0.29) is 31.2 Å². The van der Waals surface area contributed by atoms with E-state index in [1.807, 2.05) is 0 Å². The van der Waals surface area contributed by atoms with Gasteiger partial charge in [-0.3, -0.25) is 19.4 Å². The van der Waals surface area contributed by atoms with Crippen LogP contribution < -0.4 is 10.6 Å². The second-order valence-corrected chi connectivity index (χ2v) is 7.25. The number of nitrogens with zero attached hydrogens (tertiary/aromatic N) is 2. The molecule has 8 nitrogen and oxygen atoms in total. The molecule has 0 saturated carbocycles. The van der Waals surface area contributed by atoms with Crippen LogP contribution in [0.25, 0.3) is 0 Å². The lowest BCUT2D eigenvalue weighted by Crippen LogP contribution is -2.38. The van der Waals surface area contributed by atoms with E-state index in [1.54, 1.807) is 6.07 Å². The molecule has 1 aromatic rings. The fourth-order valence-electron chi connectivity index (χ4n) is 3.46. The molecule has 2 heterocycles. The molecule has 0 bridgehead atoms. The van der Waals surface area contributed by atoms with Crippen molar-refractivity contribution in [2.75, 3.05) is 39.4 Å². The van der Waals surface area contributed by atoms with E-state index in [1.165, 1.54) is 18.2 Å². The first-order valence-electron chi connectivity index (χ1n) is 9.96. The van der Waals surface area contributed by atoms with Crippen LogP contribution >= 0.6 is 0 Å². The summed E-state index contributed by atoms with van der Waals surface area (Å²) >= 11 is 0. The normalized spacial score (nSPS) is 20.0. The molecule has 4 amide bonds. The second kappa shape index (κ2) is 10.3. The highest BCUT2D eigenvalue weighted by Crippen LogP contribution is 2.15. The Morgan fingerprint density at radius 3 is 2.83 bits per heavy atom. The second-order valence-electron chi connectivity index (χ2n) is 7.25. The van der Waals surface area contributed by atoms with Gasteiger partial charge in [-0.15, -0.1) is 0 Å². The number of nitrogens with one attached hydrogen (secondary N) is 2. The molecule has 2 aliphatic rings. The number of ether oxygens (including phenoxy) is 1. The molecule has 2 saturated heterocycles. The zero-order valence-corrected chi connectivity index (χ0v) is 16.4. The van der Waals surface area contributed by atoms with Crippen LogP contribution in [0, 0.1) is 5.82 Å². The topological polar surface area (TPSA) is 91.0 Å². The Labute approximate surface area is 169 Å². The van der Waals surface area contributed by atoms with Crippen molar-refractivity contribution in [3.8, 4) is 0 Å². The van der Waals surface area contributed by atoms with Crippen molar-refractivity contribution in [2.24, 2.45) is 0 Å². The Kier molecular flexibility index (Phi) is 7.54. The predicted octanol–water partition coefficient (Wildman–Crippen LogP) is 0.865. The maximum absolute atomic E-state index is 13.3. The summed E-state index contributed by atoms with van der Waals surface area (Å²) in [5.74, 6) is -0.951. The zero-order chi connectivity index (χ0) is 20.6. The number of morpholine rings is 1. The maximum Gasteiger partial charge on any atom is 0.325 e. The van der Waals surface area contributed by atoms with Gasteiger partial charge in [0.05, 0.1) is 19.8 Å². The number of carbonyl (C=O) groups is 3. The molecule has 0 aromatic heterocycles. The minimum Gasteiger partial charge on any atom is -0.379 e. The third-order valence-electron chi connectivity index (χ3n) is 5.07. The molecule has 0 unspecified atom stereocenters. The van der Waals surface area contributed by atoms with E-state index in [2.05, 4.69) is 15.5 Å². The molecule has 1 aromatic carbocycles. The van der Waals surface area contributed by atoms with Crippen LogP contribution in [0.5, 0.6) is 0 Å². The summed E-state index contributed by atoms with van der Waals surface area (Å²) < 4.78 is 18.6. The first kappa shape index (κ1) is 21.2. The van der Waals surface area contributed by atoms with Gasteiger partial charge in [-0.1, -0.05) is 12.1 Å². The summed E-state index contributed by atoms with van der Waals surface area (Å²) in [5, 5.41) is 5.45. The lowest BCUT2D eigenvalue weighted by atomic mass is 10.1. The van der Waals surface area contributed by atoms with E-state index in [9.17, 15) is 18.8 Å². The zero-order valence-electron chi connectivity index (χ0n) is 16.4. The van der Waals surface area contributed by atoms with E-state index in [0.29, 0.717) is 12.1 Å². The average molecular weight is 406 g/mol. The molecule has 2 fully saturated rings. The van der Waals surface area contributed by atoms with Gasteiger partial charge in [0.15, 0.2) is 0 Å². The van der Waals surface area contributed by atoms with Crippen molar-refractivity contribution in [3.05, 3.63) is 35.6 Å². The standard InChI is InChI=1S/C20H27FN4O4/c21-16-4-1-3-15(13-16)14-25-19(27)17(23-20(25)28)5-6-18(26)22-7-2-8-24-9-11-29-12-10-24/h1,3-4,13,17H,2,5-12,14H2,(H,22,26)(H,23,28)/t17-/m0/s1. The number of benzene rings is 1. The third kappa shape index (κ3) is 6.23. The van der Waals surface area contributed by atoms with Gasteiger partial charge >= 0.3 is 6.03 Å². The smallest absolute Gasteiger partial charge is 0.325 e. The van der Waals surface area contributed by atoms with Crippen molar-refractivity contribution in [2.45, 2.75) is 31.8 Å². The minimum atomic E-state index is -0.727. The number of halogens is 1. The molecule has 1 atom stereocenters. The number of carbonyl (C=O) groups excluding carboxylic acids is 3. The molecule has 2 aliphatic heterocycles. The highest BCUT2D eigenvalue weighted by Gasteiger charge is 2.37. The van der Waals surface area contributed by atoms with Gasteiger partial charge in [0.1, 0.15) is 11.9 Å². The molecule has 9 heteroatoms. The van der Waals surface area contributed by atoms with Gasteiger partial charge in [-0.05, 0) is 37.1 Å². The number of hydrogen-bond donors (Lipinski definition) is 2. The summed E-state index contributed by atoms with van der Waals surface area (Å²) in [6, 6.07) is 4.53. The van der Waals surface area contributed by atoms with Crippen molar-refractivity contribution in [3.63, 3.8) is 0 Å².